The van der Waals surface area contributed by atoms with Crippen molar-refractivity contribution >= 4 is 29.2 Å². The quantitative estimate of drug-likeness (QED) is 0.645. The number of benzene rings is 1. The molecular formula is C14H19ClN2O3. The van der Waals surface area contributed by atoms with Crippen LogP contribution in [0.15, 0.2) is 18.2 Å². The summed E-state index contributed by atoms with van der Waals surface area (Å²) in [5.74, 6) is -0.880. The second kappa shape index (κ2) is 7.14. The molecule has 110 valence electrons. The smallest absolute Gasteiger partial charge is 0.328 e. The van der Waals surface area contributed by atoms with Gasteiger partial charge in [0.15, 0.2) is 0 Å². The summed E-state index contributed by atoms with van der Waals surface area (Å²) >= 11 is 5.81. The summed E-state index contributed by atoms with van der Waals surface area (Å²) in [7, 11) is 1.30. The highest BCUT2D eigenvalue weighted by atomic mass is 35.5. The van der Waals surface area contributed by atoms with Crippen LogP contribution in [0.25, 0.3) is 0 Å². The van der Waals surface area contributed by atoms with Crippen LogP contribution in [0.2, 0.25) is 5.02 Å². The number of nitrogens with one attached hydrogen (secondary N) is 1. The summed E-state index contributed by atoms with van der Waals surface area (Å²) in [5, 5.41) is 3.05. The molecule has 0 aliphatic carbocycles. The Morgan fingerprint density at radius 2 is 2.10 bits per heavy atom. The Morgan fingerprint density at radius 1 is 1.45 bits per heavy atom. The number of nitrogens with two attached hydrogens (primary N) is 1. The molecule has 2 atom stereocenters. The molecule has 0 aliphatic rings. The summed E-state index contributed by atoms with van der Waals surface area (Å²) in [6, 6.07) is 3.89. The van der Waals surface area contributed by atoms with Crippen molar-refractivity contribution in [1.29, 1.82) is 0 Å². The van der Waals surface area contributed by atoms with Crippen molar-refractivity contribution in [2.24, 2.45) is 5.92 Å². The Balaban J connectivity index is 2.90. The lowest BCUT2D eigenvalue weighted by atomic mass is 9.99. The molecule has 1 aromatic carbocycles. The van der Waals surface area contributed by atoms with Crippen molar-refractivity contribution in [3.05, 3.63) is 28.8 Å². The van der Waals surface area contributed by atoms with E-state index in [2.05, 4.69) is 5.32 Å². The average Bonchev–Trinajstić information content (AvgIpc) is 2.45. The van der Waals surface area contributed by atoms with E-state index in [9.17, 15) is 9.59 Å². The molecule has 5 nitrogen and oxygen atoms in total. The highest BCUT2D eigenvalue weighted by Crippen LogP contribution is 2.20. The van der Waals surface area contributed by atoms with Gasteiger partial charge in [0, 0.05) is 5.56 Å². The van der Waals surface area contributed by atoms with Crippen LogP contribution in [0.5, 0.6) is 0 Å². The molecule has 0 aliphatic heterocycles. The first-order valence-electron chi connectivity index (χ1n) is 6.34. The number of esters is 1. The number of anilines is 1. The van der Waals surface area contributed by atoms with Gasteiger partial charge in [-0.15, -0.1) is 0 Å². The van der Waals surface area contributed by atoms with Crippen LogP contribution in [0.1, 0.15) is 30.6 Å². The van der Waals surface area contributed by atoms with Gasteiger partial charge in [0.2, 0.25) is 0 Å². The molecule has 2 unspecified atom stereocenters. The molecule has 0 aromatic heterocycles. The highest BCUT2D eigenvalue weighted by Gasteiger charge is 2.27. The molecule has 6 heteroatoms. The molecule has 1 amide bonds. The summed E-state index contributed by atoms with van der Waals surface area (Å²) in [6.07, 6.45) is 0.739. The van der Waals surface area contributed by atoms with Crippen LogP contribution in [-0.4, -0.2) is 25.0 Å². The van der Waals surface area contributed by atoms with Crippen LogP contribution in [0, 0.1) is 5.92 Å². The van der Waals surface area contributed by atoms with Crippen LogP contribution < -0.4 is 11.1 Å². The van der Waals surface area contributed by atoms with Crippen molar-refractivity contribution in [3.63, 3.8) is 0 Å². The number of hydrogen-bond acceptors (Lipinski definition) is 4. The van der Waals surface area contributed by atoms with Gasteiger partial charge in [-0.1, -0.05) is 31.9 Å². The molecule has 0 bridgehead atoms. The zero-order valence-corrected chi connectivity index (χ0v) is 12.5. The third-order valence-corrected chi connectivity index (χ3v) is 3.56. The molecule has 20 heavy (non-hydrogen) atoms. The van der Waals surface area contributed by atoms with Crippen molar-refractivity contribution in [3.8, 4) is 0 Å². The number of nitrogen functional groups attached to an aromatic ring is 1. The lowest BCUT2D eigenvalue weighted by Gasteiger charge is -2.21. The Bertz CT molecular complexity index is 505. The van der Waals surface area contributed by atoms with Crippen molar-refractivity contribution in [2.45, 2.75) is 26.3 Å². The Hall–Kier alpha value is -1.75. The van der Waals surface area contributed by atoms with Crippen LogP contribution >= 0.6 is 11.6 Å². The monoisotopic (exact) mass is 298 g/mol. The minimum Gasteiger partial charge on any atom is -0.467 e. The van der Waals surface area contributed by atoms with Crippen molar-refractivity contribution in [1.82, 2.24) is 5.32 Å². The van der Waals surface area contributed by atoms with Gasteiger partial charge in [-0.3, -0.25) is 4.79 Å². The van der Waals surface area contributed by atoms with E-state index in [4.69, 9.17) is 22.1 Å². The molecule has 0 radical (unpaired) electrons. The highest BCUT2D eigenvalue weighted by molar-refractivity contribution is 6.33. The number of halogens is 1. The van der Waals surface area contributed by atoms with E-state index >= 15 is 0 Å². The first-order valence-corrected chi connectivity index (χ1v) is 6.72. The number of hydrogen-bond donors (Lipinski definition) is 2. The summed E-state index contributed by atoms with van der Waals surface area (Å²) in [4.78, 5) is 23.9. The zero-order valence-electron chi connectivity index (χ0n) is 11.8. The maximum Gasteiger partial charge on any atom is 0.328 e. The topological polar surface area (TPSA) is 81.4 Å². The van der Waals surface area contributed by atoms with E-state index in [-0.39, 0.29) is 11.8 Å². The number of ether oxygens (including phenoxy) is 1. The normalized spacial score (nSPS) is 13.4. The van der Waals surface area contributed by atoms with Gasteiger partial charge < -0.3 is 15.8 Å². The number of amides is 1. The second-order valence-corrected chi connectivity index (χ2v) is 5.00. The molecule has 3 N–H and O–H groups in total. The van der Waals surface area contributed by atoms with Crippen molar-refractivity contribution < 1.29 is 14.3 Å². The maximum absolute atomic E-state index is 12.1. The minimum atomic E-state index is -0.686. The first kappa shape index (κ1) is 16.3. The summed E-state index contributed by atoms with van der Waals surface area (Å²) < 4.78 is 4.72. The Kier molecular flexibility index (Phi) is 5.82. The first-order chi connectivity index (χ1) is 9.40. The molecule has 0 spiro atoms. The number of carbonyl (C=O) groups excluding carboxylic acids is 2. The lowest BCUT2D eigenvalue weighted by molar-refractivity contribution is -0.144. The van der Waals surface area contributed by atoms with E-state index < -0.39 is 12.0 Å². The fourth-order valence-electron chi connectivity index (χ4n) is 1.71. The lowest BCUT2D eigenvalue weighted by Crippen LogP contribution is -2.45. The maximum atomic E-state index is 12.1. The molecule has 0 saturated carbocycles. The van der Waals surface area contributed by atoms with E-state index in [0.29, 0.717) is 16.3 Å². The summed E-state index contributed by atoms with van der Waals surface area (Å²) in [5.41, 5.74) is 6.33. The molecular weight excluding hydrogens is 280 g/mol. The minimum absolute atomic E-state index is 0.0314. The van der Waals surface area contributed by atoms with E-state index in [1.54, 1.807) is 12.1 Å². The standard InChI is InChI=1S/C14H19ClN2O3/c1-4-8(2)12(14(19)20-3)17-13(18)9-5-6-10(15)11(16)7-9/h5-8,12H,4,16H2,1-3H3,(H,17,18). The van der Waals surface area contributed by atoms with Crippen molar-refractivity contribution in [2.75, 3.05) is 12.8 Å². The average molecular weight is 299 g/mol. The van der Waals surface area contributed by atoms with Gasteiger partial charge in [-0.25, -0.2) is 4.79 Å². The van der Waals surface area contributed by atoms with Crippen LogP contribution in [0.4, 0.5) is 5.69 Å². The van der Waals surface area contributed by atoms with E-state index in [0.717, 1.165) is 6.42 Å². The largest absolute Gasteiger partial charge is 0.467 e. The Morgan fingerprint density at radius 3 is 2.60 bits per heavy atom. The van der Waals surface area contributed by atoms with Gasteiger partial charge in [-0.05, 0) is 24.1 Å². The fourth-order valence-corrected chi connectivity index (χ4v) is 1.82. The predicted molar refractivity (Wildman–Crippen MR) is 78.6 cm³/mol. The second-order valence-electron chi connectivity index (χ2n) is 4.60. The van der Waals surface area contributed by atoms with Gasteiger partial charge >= 0.3 is 5.97 Å². The van der Waals surface area contributed by atoms with E-state index in [1.807, 2.05) is 13.8 Å². The van der Waals surface area contributed by atoms with Gasteiger partial charge in [0.25, 0.3) is 5.91 Å². The Labute approximate surface area is 123 Å². The predicted octanol–water partition coefficient (Wildman–Crippen LogP) is 2.24. The molecule has 1 aromatic rings. The van der Waals surface area contributed by atoms with Gasteiger partial charge in [-0.2, -0.15) is 0 Å². The third-order valence-electron chi connectivity index (χ3n) is 3.21. The molecule has 1 rings (SSSR count). The third kappa shape index (κ3) is 3.87. The zero-order chi connectivity index (χ0) is 15.3. The number of carbonyl (C=O) groups is 2. The number of rotatable bonds is 5. The molecule has 0 fully saturated rings. The molecule has 0 saturated heterocycles. The van der Waals surface area contributed by atoms with Gasteiger partial charge in [0.1, 0.15) is 6.04 Å². The SMILES string of the molecule is CCC(C)C(NC(=O)c1ccc(Cl)c(N)c1)C(=O)OC. The van der Waals surface area contributed by atoms with Crippen LogP contribution in [-0.2, 0) is 9.53 Å². The molecule has 0 heterocycles. The van der Waals surface area contributed by atoms with E-state index in [1.165, 1.54) is 13.2 Å². The number of methoxy groups -OCH3 is 1. The summed E-state index contributed by atoms with van der Waals surface area (Å²) in [6.45, 7) is 3.81. The van der Waals surface area contributed by atoms with Crippen LogP contribution in [0.3, 0.4) is 0 Å². The van der Waals surface area contributed by atoms with Gasteiger partial charge in [0.05, 0.1) is 17.8 Å². The fraction of sp³-hybridized carbons (Fsp3) is 0.429.